The second-order valence-electron chi connectivity index (χ2n) is 13.0. The lowest BCUT2D eigenvalue weighted by Gasteiger charge is -2.26. The number of carboxylic acid groups (broad SMARTS) is 1. The number of benzene rings is 1. The molecule has 0 aliphatic carbocycles. The van der Waals surface area contributed by atoms with Crippen molar-refractivity contribution in [2.75, 3.05) is 18.1 Å². The molecule has 18 heteroatoms. The minimum Gasteiger partial charge on any atom is -0.508 e. The monoisotopic (exact) mass is 794 g/mol. The second kappa shape index (κ2) is 25.5. The van der Waals surface area contributed by atoms with Gasteiger partial charge in [0, 0.05) is 30.8 Å². The molecule has 0 heterocycles. The number of rotatable bonds is 25. The molecule has 0 unspecified atom stereocenters. The van der Waals surface area contributed by atoms with Crippen LogP contribution >= 0.6 is 25.3 Å². The van der Waals surface area contributed by atoms with Crippen molar-refractivity contribution in [2.45, 2.75) is 108 Å². The van der Waals surface area contributed by atoms with Crippen molar-refractivity contribution >= 4 is 66.7 Å². The molecule has 1 rings (SSSR count). The number of terminal acetylenes is 1. The van der Waals surface area contributed by atoms with Crippen LogP contribution in [0.15, 0.2) is 24.3 Å². The molecule has 9 N–H and O–H groups in total. The van der Waals surface area contributed by atoms with Gasteiger partial charge in [-0.2, -0.15) is 25.3 Å². The lowest BCUT2D eigenvalue weighted by Crippen LogP contribution is -2.61. The molecule has 6 atom stereocenters. The number of thiol groups is 2. The molecule has 1 aromatic rings. The van der Waals surface area contributed by atoms with Crippen molar-refractivity contribution in [1.29, 1.82) is 0 Å². The van der Waals surface area contributed by atoms with Crippen LogP contribution in [0, 0.1) is 18.3 Å². The average Bonchev–Trinajstić information content (AvgIpc) is 3.13. The predicted octanol–water partition coefficient (Wildman–Crippen LogP) is -0.180. The van der Waals surface area contributed by atoms with E-state index in [0.717, 1.165) is 12.8 Å². The molecule has 16 nitrogen and oxygen atoms in total. The van der Waals surface area contributed by atoms with Crippen LogP contribution in [-0.2, 0) is 40.0 Å². The molecule has 0 fully saturated rings. The molecule has 0 aromatic heterocycles. The van der Waals surface area contributed by atoms with Crippen LogP contribution in [0.4, 0.5) is 0 Å². The van der Waals surface area contributed by atoms with Crippen LogP contribution < -0.4 is 31.9 Å². The summed E-state index contributed by atoms with van der Waals surface area (Å²) < 4.78 is 0. The summed E-state index contributed by atoms with van der Waals surface area (Å²) in [7, 11) is 0. The van der Waals surface area contributed by atoms with E-state index in [1.807, 2.05) is 6.92 Å². The van der Waals surface area contributed by atoms with Crippen molar-refractivity contribution < 1.29 is 48.9 Å². The minimum atomic E-state index is -1.58. The summed E-state index contributed by atoms with van der Waals surface area (Å²) in [5, 5.41) is 44.0. The molecule has 0 aliphatic heterocycles. The minimum absolute atomic E-state index is 0.0202. The van der Waals surface area contributed by atoms with E-state index < -0.39 is 84.3 Å². The van der Waals surface area contributed by atoms with Gasteiger partial charge < -0.3 is 47.2 Å². The molecule has 0 saturated carbocycles. The Morgan fingerprint density at radius 1 is 0.722 bits per heavy atom. The zero-order chi connectivity index (χ0) is 40.8. The highest BCUT2D eigenvalue weighted by molar-refractivity contribution is 7.80. The van der Waals surface area contributed by atoms with E-state index in [1.54, 1.807) is 13.8 Å². The Bertz CT molecular complexity index is 1460. The van der Waals surface area contributed by atoms with Crippen LogP contribution in [-0.4, -0.2) is 111 Å². The van der Waals surface area contributed by atoms with Gasteiger partial charge in [0.05, 0.1) is 6.61 Å². The van der Waals surface area contributed by atoms with E-state index in [1.165, 1.54) is 24.3 Å². The normalized spacial score (nSPS) is 14.2. The highest BCUT2D eigenvalue weighted by atomic mass is 32.1. The molecule has 54 heavy (non-hydrogen) atoms. The third-order valence-corrected chi connectivity index (χ3v) is 8.75. The lowest BCUT2D eigenvalue weighted by atomic mass is 10.0. The fraction of sp³-hybridized carbons (Fsp3) is 0.583. The Morgan fingerprint density at radius 3 is 1.69 bits per heavy atom. The van der Waals surface area contributed by atoms with Gasteiger partial charge in [-0.05, 0) is 36.5 Å². The zero-order valence-corrected chi connectivity index (χ0v) is 32.6. The smallest absolute Gasteiger partial charge is 0.326 e. The van der Waals surface area contributed by atoms with Gasteiger partial charge in [-0.15, -0.1) is 12.3 Å². The number of carbonyl (C=O) groups is 7. The first-order valence-corrected chi connectivity index (χ1v) is 18.9. The van der Waals surface area contributed by atoms with Crippen molar-refractivity contribution in [3.8, 4) is 18.1 Å². The Hall–Kier alpha value is -4.47. The number of hydrogen-bond acceptors (Lipinski definition) is 11. The van der Waals surface area contributed by atoms with E-state index in [0.29, 0.717) is 18.4 Å². The zero-order valence-electron chi connectivity index (χ0n) is 30.8. The number of aliphatic hydroxyl groups excluding tert-OH is 1. The highest BCUT2D eigenvalue weighted by Gasteiger charge is 2.33. The van der Waals surface area contributed by atoms with Gasteiger partial charge in [0.25, 0.3) is 0 Å². The standard InChI is InChI=1S/C36H54N6O10S2/c1-5-7-9-10-24(37-30(45)11-8-6-2)31(46)41-29(20-54)35(50)42-28(19-53)34(49)38-25(17-22-12-14-23(44)15-13-22)32(47)40-27(18-43)33(48)39-26(36(51)52)16-21(3)4/h2,12-15,21,24-29,43-44,53-54H,5,7-11,16-20H2,1,3-4H3,(H,37,45)(H,38,49)(H,39,48)(H,40,47)(H,41,46)(H,42,50)(H,51,52)/t24-,25+,26-,27-,28-,29-/m0/s1. The highest BCUT2D eigenvalue weighted by Crippen LogP contribution is 2.13. The number of carbonyl (C=O) groups excluding carboxylic acids is 6. The number of aliphatic carboxylic acids is 1. The number of unbranched alkanes of at least 4 members (excludes halogenated alkanes) is 2. The van der Waals surface area contributed by atoms with Crippen molar-refractivity contribution in [3.63, 3.8) is 0 Å². The number of aliphatic hydroxyl groups is 1. The summed E-state index contributed by atoms with van der Waals surface area (Å²) in [4.78, 5) is 90.5. The summed E-state index contributed by atoms with van der Waals surface area (Å²) in [6.07, 6.45) is 7.99. The summed E-state index contributed by atoms with van der Waals surface area (Å²) in [5.74, 6) is -4.13. The average molecular weight is 795 g/mol. The first-order chi connectivity index (χ1) is 25.6. The summed E-state index contributed by atoms with van der Waals surface area (Å²) in [6.45, 7) is 4.61. The molecule has 0 spiro atoms. The molecule has 1 aromatic carbocycles. The van der Waals surface area contributed by atoms with Crippen LogP contribution in [0.3, 0.4) is 0 Å². The second-order valence-corrected chi connectivity index (χ2v) is 13.7. The number of aromatic hydroxyl groups is 1. The number of nitrogens with one attached hydrogen (secondary N) is 6. The molecular weight excluding hydrogens is 741 g/mol. The fourth-order valence-corrected chi connectivity index (χ4v) is 5.55. The Balaban J connectivity index is 3.17. The SMILES string of the molecule is C#CCCC(=O)N[C@@H](CCCCC)C(=O)N[C@@H](CS)C(=O)N[C@@H](CS)C(=O)N[C@H](Cc1ccc(O)cc1)C(=O)N[C@@H](CO)C(=O)N[C@@H](CC(C)C)C(=O)O. The van der Waals surface area contributed by atoms with Gasteiger partial charge in [0.1, 0.15) is 42.0 Å². The van der Waals surface area contributed by atoms with Gasteiger partial charge >= 0.3 is 5.97 Å². The number of amides is 6. The van der Waals surface area contributed by atoms with Gasteiger partial charge in [0.15, 0.2) is 0 Å². The Morgan fingerprint density at radius 2 is 1.20 bits per heavy atom. The Kier molecular flexibility index (Phi) is 22.5. The van der Waals surface area contributed by atoms with E-state index in [-0.39, 0.29) is 48.9 Å². The van der Waals surface area contributed by atoms with Gasteiger partial charge in [-0.25, -0.2) is 4.79 Å². The number of phenols is 1. The van der Waals surface area contributed by atoms with E-state index >= 15 is 0 Å². The van der Waals surface area contributed by atoms with Gasteiger partial charge in [0.2, 0.25) is 35.4 Å². The predicted molar refractivity (Wildman–Crippen MR) is 207 cm³/mol. The number of phenolic OH excluding ortho intramolecular Hbond substituents is 1. The molecule has 0 bridgehead atoms. The quantitative estimate of drug-likeness (QED) is 0.0354. The van der Waals surface area contributed by atoms with Crippen LogP contribution in [0.1, 0.15) is 71.3 Å². The third kappa shape index (κ3) is 17.6. The fourth-order valence-electron chi connectivity index (χ4n) is 5.03. The largest absolute Gasteiger partial charge is 0.508 e. The van der Waals surface area contributed by atoms with E-state index in [4.69, 9.17) is 6.42 Å². The molecule has 0 aliphatic rings. The van der Waals surface area contributed by atoms with E-state index in [9.17, 15) is 48.9 Å². The molecule has 0 saturated heterocycles. The first-order valence-electron chi connectivity index (χ1n) is 17.7. The van der Waals surface area contributed by atoms with Gasteiger partial charge in [-0.3, -0.25) is 28.8 Å². The van der Waals surface area contributed by atoms with Crippen molar-refractivity contribution in [3.05, 3.63) is 29.8 Å². The van der Waals surface area contributed by atoms with Gasteiger partial charge in [-0.1, -0.05) is 52.2 Å². The maximum Gasteiger partial charge on any atom is 0.326 e. The lowest BCUT2D eigenvalue weighted by molar-refractivity contribution is -0.143. The van der Waals surface area contributed by atoms with Crippen LogP contribution in [0.2, 0.25) is 0 Å². The van der Waals surface area contributed by atoms with E-state index in [2.05, 4.69) is 63.1 Å². The first kappa shape index (κ1) is 47.6. The van der Waals surface area contributed by atoms with Crippen molar-refractivity contribution in [2.24, 2.45) is 5.92 Å². The molecular formula is C36H54N6O10S2. The van der Waals surface area contributed by atoms with Crippen LogP contribution in [0.5, 0.6) is 5.75 Å². The number of carboxylic acids is 1. The summed E-state index contributed by atoms with van der Waals surface area (Å²) in [5.41, 5.74) is 0.477. The third-order valence-electron chi connectivity index (χ3n) is 8.02. The number of hydrogen-bond donors (Lipinski definition) is 11. The molecule has 6 amide bonds. The Labute approximate surface area is 327 Å². The van der Waals surface area contributed by atoms with Crippen LogP contribution in [0.25, 0.3) is 0 Å². The molecule has 300 valence electrons. The summed E-state index contributed by atoms with van der Waals surface area (Å²) in [6, 6.07) is -2.11. The van der Waals surface area contributed by atoms with Crippen molar-refractivity contribution in [1.82, 2.24) is 31.9 Å². The maximum atomic E-state index is 13.5. The topological polar surface area (TPSA) is 252 Å². The molecule has 0 radical (unpaired) electrons. The maximum absolute atomic E-state index is 13.5. The summed E-state index contributed by atoms with van der Waals surface area (Å²) >= 11 is 8.38.